The van der Waals surface area contributed by atoms with Crippen LogP contribution >= 0.6 is 23.1 Å². The maximum absolute atomic E-state index is 12.4. The molecular formula is C19H24N6O3S2. The predicted octanol–water partition coefficient (Wildman–Crippen LogP) is 2.90. The molecule has 30 heavy (non-hydrogen) atoms. The second-order valence-electron chi connectivity index (χ2n) is 6.42. The lowest BCUT2D eigenvalue weighted by molar-refractivity contribution is -0.113. The Morgan fingerprint density at radius 3 is 2.77 bits per heavy atom. The Labute approximate surface area is 182 Å². The average Bonchev–Trinajstić information content (AvgIpc) is 3.40. The number of esters is 1. The first-order valence-electron chi connectivity index (χ1n) is 9.52. The van der Waals surface area contributed by atoms with E-state index in [0.29, 0.717) is 40.4 Å². The standard InChI is InChI=1S/C19H24N6O3S2/c1-5-25-14(10-13-8-7-9-24(13)4)22-23-19(25)29-11-15(26)21-18-20-12(3)16(30-18)17(27)28-6-2/h7-9H,5-6,10-11H2,1-4H3,(H,20,21,26). The number of nitrogens with zero attached hydrogens (tertiary/aromatic N) is 5. The van der Waals surface area contributed by atoms with Crippen LogP contribution in [0.25, 0.3) is 0 Å². The largest absolute Gasteiger partial charge is 0.462 e. The fourth-order valence-electron chi connectivity index (χ4n) is 2.84. The number of hydrogen-bond donors (Lipinski definition) is 1. The molecule has 160 valence electrons. The molecule has 3 heterocycles. The minimum Gasteiger partial charge on any atom is -0.462 e. The van der Waals surface area contributed by atoms with Crippen molar-refractivity contribution in [3.05, 3.63) is 40.4 Å². The third kappa shape index (κ3) is 5.08. The van der Waals surface area contributed by atoms with Crippen LogP contribution in [0.1, 0.15) is 40.7 Å². The van der Waals surface area contributed by atoms with Crippen molar-refractivity contribution >= 4 is 40.1 Å². The molecule has 3 rings (SSSR count). The summed E-state index contributed by atoms with van der Waals surface area (Å²) in [6.07, 6.45) is 2.67. The molecule has 0 atom stereocenters. The van der Waals surface area contributed by atoms with Crippen molar-refractivity contribution < 1.29 is 14.3 Å². The van der Waals surface area contributed by atoms with E-state index in [1.807, 2.05) is 30.8 Å². The molecule has 0 bridgehead atoms. The van der Waals surface area contributed by atoms with Gasteiger partial charge in [-0.25, -0.2) is 9.78 Å². The molecule has 0 unspecified atom stereocenters. The minimum atomic E-state index is -0.427. The number of ether oxygens (including phenoxy) is 1. The Morgan fingerprint density at radius 1 is 1.30 bits per heavy atom. The lowest BCUT2D eigenvalue weighted by Crippen LogP contribution is -2.14. The molecular weight excluding hydrogens is 424 g/mol. The van der Waals surface area contributed by atoms with Crippen LogP contribution in [0.3, 0.4) is 0 Å². The number of thiazole rings is 1. The zero-order valence-electron chi connectivity index (χ0n) is 17.3. The van der Waals surface area contributed by atoms with Crippen molar-refractivity contribution in [2.75, 3.05) is 17.7 Å². The summed E-state index contributed by atoms with van der Waals surface area (Å²) in [5, 5.41) is 12.4. The Kier molecular flexibility index (Phi) is 7.27. The van der Waals surface area contributed by atoms with Crippen LogP contribution in [-0.2, 0) is 29.5 Å². The van der Waals surface area contributed by atoms with Gasteiger partial charge in [0.25, 0.3) is 0 Å². The van der Waals surface area contributed by atoms with Gasteiger partial charge in [-0.1, -0.05) is 23.1 Å². The van der Waals surface area contributed by atoms with Crippen molar-refractivity contribution in [2.45, 2.75) is 38.9 Å². The Morgan fingerprint density at radius 2 is 2.10 bits per heavy atom. The highest BCUT2D eigenvalue weighted by Crippen LogP contribution is 2.24. The molecule has 9 nitrogen and oxygen atoms in total. The number of nitrogens with one attached hydrogen (secondary N) is 1. The van der Waals surface area contributed by atoms with Crippen LogP contribution in [0.4, 0.5) is 5.13 Å². The molecule has 0 saturated heterocycles. The van der Waals surface area contributed by atoms with Crippen molar-refractivity contribution in [2.24, 2.45) is 7.05 Å². The first-order chi connectivity index (χ1) is 14.4. The molecule has 0 saturated carbocycles. The van der Waals surface area contributed by atoms with Gasteiger partial charge >= 0.3 is 5.97 Å². The monoisotopic (exact) mass is 448 g/mol. The highest BCUT2D eigenvalue weighted by atomic mass is 32.2. The normalized spacial score (nSPS) is 10.9. The van der Waals surface area contributed by atoms with Crippen LogP contribution in [0.2, 0.25) is 0 Å². The number of aryl methyl sites for hydroxylation is 2. The number of carbonyl (C=O) groups excluding carboxylic acids is 2. The SMILES string of the molecule is CCOC(=O)c1sc(NC(=O)CSc2nnc(Cc3cccn3C)n2CC)nc1C. The van der Waals surface area contributed by atoms with Gasteiger partial charge in [-0.2, -0.15) is 0 Å². The van der Waals surface area contributed by atoms with Crippen molar-refractivity contribution in [3.8, 4) is 0 Å². The van der Waals surface area contributed by atoms with Crippen LogP contribution < -0.4 is 5.32 Å². The third-order valence-electron chi connectivity index (χ3n) is 4.34. The molecule has 3 aromatic rings. The highest BCUT2D eigenvalue weighted by molar-refractivity contribution is 7.99. The van der Waals surface area contributed by atoms with E-state index in [2.05, 4.69) is 31.1 Å². The summed E-state index contributed by atoms with van der Waals surface area (Å²) in [6, 6.07) is 4.05. The summed E-state index contributed by atoms with van der Waals surface area (Å²) in [4.78, 5) is 28.9. The van der Waals surface area contributed by atoms with Crippen LogP contribution in [0.5, 0.6) is 0 Å². The number of aromatic nitrogens is 5. The maximum atomic E-state index is 12.4. The molecule has 3 aromatic heterocycles. The predicted molar refractivity (Wildman–Crippen MR) is 116 cm³/mol. The molecule has 0 spiro atoms. The van der Waals surface area contributed by atoms with Crippen molar-refractivity contribution in [1.82, 2.24) is 24.3 Å². The summed E-state index contributed by atoms with van der Waals surface area (Å²) in [6.45, 7) is 6.49. The van der Waals surface area contributed by atoms with Gasteiger partial charge in [-0.3, -0.25) is 4.79 Å². The molecule has 0 aliphatic carbocycles. The smallest absolute Gasteiger partial charge is 0.350 e. The fourth-order valence-corrected chi connectivity index (χ4v) is 4.54. The van der Waals surface area contributed by atoms with E-state index in [-0.39, 0.29) is 11.7 Å². The summed E-state index contributed by atoms with van der Waals surface area (Å²) in [7, 11) is 2.00. The zero-order valence-corrected chi connectivity index (χ0v) is 19.0. The zero-order chi connectivity index (χ0) is 21.7. The maximum Gasteiger partial charge on any atom is 0.350 e. The van der Waals surface area contributed by atoms with Gasteiger partial charge in [0.05, 0.1) is 18.1 Å². The lowest BCUT2D eigenvalue weighted by Gasteiger charge is -2.08. The quantitative estimate of drug-likeness (QED) is 0.396. The molecule has 0 aromatic carbocycles. The van der Waals surface area contributed by atoms with E-state index >= 15 is 0 Å². The molecule has 11 heteroatoms. The molecule has 1 N–H and O–H groups in total. The van der Waals surface area contributed by atoms with Gasteiger partial charge in [-0.05, 0) is 32.9 Å². The van der Waals surface area contributed by atoms with Gasteiger partial charge in [0, 0.05) is 31.9 Å². The fraction of sp³-hybridized carbons (Fsp3) is 0.421. The van der Waals surface area contributed by atoms with Gasteiger partial charge in [-0.15, -0.1) is 10.2 Å². The Bertz CT molecular complexity index is 1040. The summed E-state index contributed by atoms with van der Waals surface area (Å²) in [5.74, 6) is 0.371. The van der Waals surface area contributed by atoms with Crippen molar-refractivity contribution in [3.63, 3.8) is 0 Å². The summed E-state index contributed by atoms with van der Waals surface area (Å²) in [5.41, 5.74) is 1.68. The number of anilines is 1. The van der Waals surface area contributed by atoms with E-state index in [0.717, 1.165) is 22.9 Å². The Balaban J connectivity index is 1.60. The van der Waals surface area contributed by atoms with E-state index in [9.17, 15) is 9.59 Å². The van der Waals surface area contributed by atoms with E-state index in [1.54, 1.807) is 13.8 Å². The average molecular weight is 449 g/mol. The molecule has 0 aliphatic rings. The van der Waals surface area contributed by atoms with Crippen LogP contribution in [0.15, 0.2) is 23.5 Å². The van der Waals surface area contributed by atoms with E-state index < -0.39 is 5.97 Å². The molecule has 0 aliphatic heterocycles. The van der Waals surface area contributed by atoms with Gasteiger partial charge in [0.15, 0.2) is 10.3 Å². The lowest BCUT2D eigenvalue weighted by atomic mass is 10.3. The number of rotatable bonds is 9. The first-order valence-corrected chi connectivity index (χ1v) is 11.3. The molecule has 1 amide bonds. The Hall–Kier alpha value is -2.66. The topological polar surface area (TPSA) is 104 Å². The first kappa shape index (κ1) is 22.0. The summed E-state index contributed by atoms with van der Waals surface area (Å²) < 4.78 is 9.06. The van der Waals surface area contributed by atoms with Gasteiger partial charge in [0.1, 0.15) is 10.7 Å². The number of hydrogen-bond acceptors (Lipinski definition) is 8. The minimum absolute atomic E-state index is 0.162. The number of amides is 1. The van der Waals surface area contributed by atoms with Gasteiger partial charge < -0.3 is 19.2 Å². The van der Waals surface area contributed by atoms with Crippen LogP contribution in [-0.4, -0.2) is 48.6 Å². The number of carbonyl (C=O) groups is 2. The van der Waals surface area contributed by atoms with Gasteiger partial charge in [0.2, 0.25) is 5.91 Å². The summed E-state index contributed by atoms with van der Waals surface area (Å²) >= 11 is 2.43. The van der Waals surface area contributed by atoms with E-state index in [1.165, 1.54) is 11.8 Å². The van der Waals surface area contributed by atoms with Crippen molar-refractivity contribution in [1.29, 1.82) is 0 Å². The molecule has 0 fully saturated rings. The third-order valence-corrected chi connectivity index (χ3v) is 6.36. The second kappa shape index (κ2) is 9.90. The van der Waals surface area contributed by atoms with E-state index in [4.69, 9.17) is 4.74 Å². The molecule has 0 radical (unpaired) electrons. The van der Waals surface area contributed by atoms with Crippen LogP contribution in [0, 0.1) is 6.92 Å². The number of thioether (sulfide) groups is 1. The highest BCUT2D eigenvalue weighted by Gasteiger charge is 2.18. The second-order valence-corrected chi connectivity index (χ2v) is 8.36.